The molecule has 2 N–H and O–H groups in total. The zero-order valence-corrected chi connectivity index (χ0v) is 5.87. The Kier molecular flexibility index (Phi) is 1.53. The van der Waals surface area contributed by atoms with E-state index in [2.05, 4.69) is 12.2 Å². The molecule has 1 aromatic rings. The molecule has 0 aliphatic heterocycles. The molecule has 0 saturated carbocycles. The molecule has 2 nitrogen and oxygen atoms in total. The van der Waals surface area contributed by atoms with Crippen LogP contribution in [-0.4, -0.2) is 4.99 Å². The minimum absolute atomic E-state index is 0.308. The Balaban J connectivity index is 2.98. The van der Waals surface area contributed by atoms with Crippen LogP contribution in [-0.2, 0) is 0 Å². The van der Waals surface area contributed by atoms with Gasteiger partial charge in [-0.1, -0.05) is 12.2 Å². The summed E-state index contributed by atoms with van der Waals surface area (Å²) in [5.41, 5.74) is 5.26. The molecule has 1 heterocycles. The number of rotatable bonds is 1. The lowest BCUT2D eigenvalue weighted by atomic mass is 10.4. The largest absolute Gasteiger partial charge is 0.459 e. The lowest BCUT2D eigenvalue weighted by Gasteiger charge is -1.86. The van der Waals surface area contributed by atoms with Gasteiger partial charge in [-0.3, -0.25) is 0 Å². The van der Waals surface area contributed by atoms with Crippen molar-refractivity contribution in [1.82, 2.24) is 0 Å². The van der Waals surface area contributed by atoms with E-state index in [0.29, 0.717) is 10.7 Å². The average molecular weight is 141 g/mol. The molecule has 9 heavy (non-hydrogen) atoms. The van der Waals surface area contributed by atoms with E-state index in [0.717, 1.165) is 5.76 Å². The van der Waals surface area contributed by atoms with Crippen molar-refractivity contribution in [2.75, 3.05) is 0 Å². The van der Waals surface area contributed by atoms with Gasteiger partial charge < -0.3 is 10.2 Å². The molecule has 0 aromatic carbocycles. The third-order valence-corrected chi connectivity index (χ3v) is 1.18. The molecule has 1 rings (SSSR count). The molecule has 0 saturated heterocycles. The van der Waals surface area contributed by atoms with Gasteiger partial charge in [0.25, 0.3) is 0 Å². The first-order chi connectivity index (χ1) is 4.20. The zero-order chi connectivity index (χ0) is 6.85. The van der Waals surface area contributed by atoms with Crippen LogP contribution in [0.15, 0.2) is 16.5 Å². The lowest BCUT2D eigenvalue weighted by Crippen LogP contribution is -2.07. The first kappa shape index (κ1) is 6.29. The maximum absolute atomic E-state index is 5.26. The maximum atomic E-state index is 5.26. The van der Waals surface area contributed by atoms with Crippen LogP contribution < -0.4 is 5.73 Å². The second-order valence-electron chi connectivity index (χ2n) is 1.77. The Morgan fingerprint density at radius 1 is 1.67 bits per heavy atom. The van der Waals surface area contributed by atoms with Gasteiger partial charge in [0, 0.05) is 0 Å². The molecule has 0 aliphatic rings. The maximum Gasteiger partial charge on any atom is 0.161 e. The second kappa shape index (κ2) is 2.19. The van der Waals surface area contributed by atoms with Crippen molar-refractivity contribution in [3.05, 3.63) is 23.7 Å². The van der Waals surface area contributed by atoms with E-state index in [9.17, 15) is 0 Å². The molecule has 0 spiro atoms. The summed E-state index contributed by atoms with van der Waals surface area (Å²) in [4.78, 5) is 0.308. The van der Waals surface area contributed by atoms with E-state index >= 15 is 0 Å². The van der Waals surface area contributed by atoms with Crippen LogP contribution in [0, 0.1) is 6.92 Å². The number of nitrogens with two attached hydrogens (primary N) is 1. The molecule has 0 fully saturated rings. The van der Waals surface area contributed by atoms with Crippen molar-refractivity contribution in [2.24, 2.45) is 5.73 Å². The summed E-state index contributed by atoms with van der Waals surface area (Å²) in [7, 11) is 0. The van der Waals surface area contributed by atoms with Gasteiger partial charge in [-0.2, -0.15) is 0 Å². The predicted molar refractivity (Wildman–Crippen MR) is 39.3 cm³/mol. The fraction of sp³-hybridized carbons (Fsp3) is 0.167. The summed E-state index contributed by atoms with van der Waals surface area (Å²) < 4.78 is 5.08. The third-order valence-electron chi connectivity index (χ3n) is 0.983. The summed E-state index contributed by atoms with van der Waals surface area (Å²) in [6.45, 7) is 1.85. The van der Waals surface area contributed by atoms with Crippen LogP contribution >= 0.6 is 12.2 Å². The van der Waals surface area contributed by atoms with Gasteiger partial charge in [0.2, 0.25) is 0 Å². The topological polar surface area (TPSA) is 39.2 Å². The zero-order valence-electron chi connectivity index (χ0n) is 5.05. The summed E-state index contributed by atoms with van der Waals surface area (Å²) in [6.07, 6.45) is 0. The molecule has 3 heteroatoms. The molecule has 0 radical (unpaired) electrons. The predicted octanol–water partition coefficient (Wildman–Crippen LogP) is 1.22. The molecule has 0 amide bonds. The van der Waals surface area contributed by atoms with Crippen molar-refractivity contribution >= 4 is 17.2 Å². The smallest absolute Gasteiger partial charge is 0.161 e. The Hall–Kier alpha value is -0.830. The lowest BCUT2D eigenvalue weighted by molar-refractivity contribution is 0.526. The molecular weight excluding hydrogens is 134 g/mol. The van der Waals surface area contributed by atoms with Gasteiger partial charge in [-0.25, -0.2) is 0 Å². The molecule has 0 atom stereocenters. The Morgan fingerprint density at radius 3 is 2.56 bits per heavy atom. The number of furan rings is 1. The Bertz CT molecular complexity index is 229. The standard InChI is InChI=1S/C6H7NOS/c1-4-2-3-5(8-4)6(7)9/h2-3H,1H3,(H2,7,9). The summed E-state index contributed by atoms with van der Waals surface area (Å²) in [6, 6.07) is 3.59. The molecule has 1 aromatic heterocycles. The number of aryl methyl sites for hydroxylation is 1. The summed E-state index contributed by atoms with van der Waals surface area (Å²) in [5.74, 6) is 1.42. The molecule has 0 aliphatic carbocycles. The highest BCUT2D eigenvalue weighted by Gasteiger charge is 1.98. The number of hydrogen-bond donors (Lipinski definition) is 1. The highest BCUT2D eigenvalue weighted by molar-refractivity contribution is 7.80. The van der Waals surface area contributed by atoms with Crippen LogP contribution in [0.2, 0.25) is 0 Å². The minimum Gasteiger partial charge on any atom is -0.459 e. The quantitative estimate of drug-likeness (QED) is 0.598. The van der Waals surface area contributed by atoms with Crippen molar-refractivity contribution < 1.29 is 4.42 Å². The SMILES string of the molecule is Cc1ccc(C(N)=S)o1. The molecular formula is C6H7NOS. The summed E-state index contributed by atoms with van der Waals surface area (Å²) >= 11 is 4.66. The van der Waals surface area contributed by atoms with Crippen LogP contribution in [0.4, 0.5) is 0 Å². The van der Waals surface area contributed by atoms with E-state index < -0.39 is 0 Å². The minimum atomic E-state index is 0.308. The van der Waals surface area contributed by atoms with Crippen LogP contribution in [0.3, 0.4) is 0 Å². The third kappa shape index (κ3) is 1.29. The number of thiocarbonyl (C=S) groups is 1. The number of hydrogen-bond acceptors (Lipinski definition) is 2. The van der Waals surface area contributed by atoms with Gasteiger partial charge in [0.15, 0.2) is 5.76 Å². The van der Waals surface area contributed by atoms with Gasteiger partial charge in [0.05, 0.1) is 0 Å². The van der Waals surface area contributed by atoms with Gasteiger partial charge in [-0.05, 0) is 19.1 Å². The van der Waals surface area contributed by atoms with Crippen LogP contribution in [0.1, 0.15) is 11.5 Å². The second-order valence-corrected chi connectivity index (χ2v) is 2.21. The van der Waals surface area contributed by atoms with E-state index in [4.69, 9.17) is 10.2 Å². The van der Waals surface area contributed by atoms with Crippen molar-refractivity contribution in [3.63, 3.8) is 0 Å². The fourth-order valence-corrected chi connectivity index (χ4v) is 0.677. The van der Waals surface area contributed by atoms with Crippen molar-refractivity contribution in [3.8, 4) is 0 Å². The Morgan fingerprint density at radius 2 is 2.33 bits per heavy atom. The van der Waals surface area contributed by atoms with Crippen molar-refractivity contribution in [2.45, 2.75) is 6.92 Å². The first-order valence-electron chi connectivity index (χ1n) is 2.56. The van der Waals surface area contributed by atoms with Crippen LogP contribution in [0.5, 0.6) is 0 Å². The van der Waals surface area contributed by atoms with E-state index in [1.165, 1.54) is 0 Å². The van der Waals surface area contributed by atoms with Crippen LogP contribution in [0.25, 0.3) is 0 Å². The Labute approximate surface area is 58.7 Å². The fourth-order valence-electron chi connectivity index (χ4n) is 0.567. The van der Waals surface area contributed by atoms with Gasteiger partial charge >= 0.3 is 0 Å². The van der Waals surface area contributed by atoms with E-state index in [-0.39, 0.29) is 0 Å². The van der Waals surface area contributed by atoms with E-state index in [1.807, 2.05) is 13.0 Å². The monoisotopic (exact) mass is 141 g/mol. The first-order valence-corrected chi connectivity index (χ1v) is 2.97. The molecule has 0 unspecified atom stereocenters. The average Bonchev–Trinajstić information content (AvgIpc) is 2.14. The highest BCUT2D eigenvalue weighted by Crippen LogP contribution is 2.04. The van der Waals surface area contributed by atoms with E-state index in [1.54, 1.807) is 6.07 Å². The summed E-state index contributed by atoms with van der Waals surface area (Å²) in [5, 5.41) is 0. The normalized spacial score (nSPS) is 9.44. The molecule has 48 valence electrons. The highest BCUT2D eigenvalue weighted by atomic mass is 32.1. The van der Waals surface area contributed by atoms with Crippen molar-refractivity contribution in [1.29, 1.82) is 0 Å². The molecule has 0 bridgehead atoms. The van der Waals surface area contributed by atoms with Gasteiger partial charge in [0.1, 0.15) is 10.7 Å². The van der Waals surface area contributed by atoms with Gasteiger partial charge in [-0.15, -0.1) is 0 Å².